The van der Waals surface area contributed by atoms with Crippen molar-refractivity contribution < 1.29 is 36.6 Å². The Hall–Kier alpha value is -2.80. The Morgan fingerprint density at radius 1 is 0.595 bits per heavy atom. The minimum absolute atomic E-state index is 0.223. The first kappa shape index (κ1) is 33.7. The molecule has 0 radical (unpaired) electrons. The molecule has 0 bridgehead atoms. The van der Waals surface area contributed by atoms with Crippen LogP contribution in [0.4, 0.5) is 0 Å². The highest BCUT2D eigenvalue weighted by atomic mass is 32.2. The number of rotatable bonds is 10. The second-order valence-corrected chi connectivity index (χ2v) is 15.0. The van der Waals surface area contributed by atoms with Crippen LogP contribution in [-0.2, 0) is 29.6 Å². The van der Waals surface area contributed by atoms with Gasteiger partial charge >= 0.3 is 11.9 Å². The van der Waals surface area contributed by atoms with Crippen LogP contribution in [0.3, 0.4) is 0 Å². The van der Waals surface area contributed by atoms with Gasteiger partial charge in [-0.25, -0.2) is 26.3 Å². The molecule has 0 aliphatic heterocycles. The molecular weight excluding hydrogens is 580 g/mol. The summed E-state index contributed by atoms with van der Waals surface area (Å²) in [6.45, 7) is 4.57. The lowest BCUT2D eigenvalue weighted by Crippen LogP contribution is -2.32. The molecule has 4 rings (SSSR count). The fraction of sp³-hybridized carbons (Fsp3) is 0.533. The lowest BCUT2D eigenvalue weighted by atomic mass is 9.82. The first-order valence-electron chi connectivity index (χ1n) is 14.3. The number of carboxylic acid groups (broad SMARTS) is 2. The fourth-order valence-electron chi connectivity index (χ4n) is 5.28. The van der Waals surface area contributed by atoms with Crippen molar-refractivity contribution in [3.8, 4) is 0 Å². The SMILES string of the molecule is Cc1ccc(S(=O)(=O)NCC2CCC(C(=O)O)CC2)cc1.Cc1ccc(S(=O)(=O)NCC2CCC(C(=O)O)CC2)cc1. The molecule has 2 aliphatic carbocycles. The summed E-state index contributed by atoms with van der Waals surface area (Å²) in [6.07, 6.45) is 5.55. The number of hydrogen-bond acceptors (Lipinski definition) is 6. The van der Waals surface area contributed by atoms with Crippen LogP contribution < -0.4 is 9.44 Å². The Bertz CT molecular complexity index is 1280. The summed E-state index contributed by atoms with van der Waals surface area (Å²) in [5.41, 5.74) is 2.03. The number of sulfonamides is 2. The molecule has 0 unspecified atom stereocenters. The van der Waals surface area contributed by atoms with Crippen molar-refractivity contribution in [2.24, 2.45) is 23.7 Å². The summed E-state index contributed by atoms with van der Waals surface area (Å²) in [6, 6.07) is 13.5. The van der Waals surface area contributed by atoms with E-state index < -0.39 is 32.0 Å². The highest BCUT2D eigenvalue weighted by molar-refractivity contribution is 7.89. The van der Waals surface area contributed by atoms with Crippen LogP contribution in [0, 0.1) is 37.5 Å². The third-order valence-corrected chi connectivity index (χ3v) is 11.1. The van der Waals surface area contributed by atoms with Crippen LogP contribution >= 0.6 is 0 Å². The van der Waals surface area contributed by atoms with Crippen molar-refractivity contribution in [1.82, 2.24) is 9.44 Å². The third kappa shape index (κ3) is 10.2. The lowest BCUT2D eigenvalue weighted by molar-refractivity contribution is -0.144. The highest BCUT2D eigenvalue weighted by Gasteiger charge is 2.28. The zero-order valence-corrected chi connectivity index (χ0v) is 25.8. The van der Waals surface area contributed by atoms with Gasteiger partial charge in [0.15, 0.2) is 0 Å². The van der Waals surface area contributed by atoms with Crippen molar-refractivity contribution in [2.45, 2.75) is 75.0 Å². The second-order valence-electron chi connectivity index (χ2n) is 11.4. The summed E-state index contributed by atoms with van der Waals surface area (Å²) >= 11 is 0. The molecule has 2 saturated carbocycles. The van der Waals surface area contributed by atoms with E-state index in [1.165, 1.54) is 0 Å². The van der Waals surface area contributed by atoms with Crippen molar-refractivity contribution in [1.29, 1.82) is 0 Å². The normalized spacial score (nSPS) is 22.9. The molecule has 2 fully saturated rings. The highest BCUT2D eigenvalue weighted by Crippen LogP contribution is 2.29. The number of aryl methyl sites for hydroxylation is 2. The molecule has 10 nitrogen and oxygen atoms in total. The van der Waals surface area contributed by atoms with Gasteiger partial charge in [-0.2, -0.15) is 0 Å². The van der Waals surface area contributed by atoms with Crippen LogP contribution in [0.15, 0.2) is 58.3 Å². The Balaban J connectivity index is 0.000000230. The summed E-state index contributed by atoms with van der Waals surface area (Å²) in [7, 11) is -6.95. The Kier molecular flexibility index (Phi) is 12.1. The van der Waals surface area contributed by atoms with Gasteiger partial charge < -0.3 is 10.2 Å². The van der Waals surface area contributed by atoms with E-state index in [4.69, 9.17) is 10.2 Å². The first-order valence-corrected chi connectivity index (χ1v) is 17.3. The van der Waals surface area contributed by atoms with Gasteiger partial charge in [-0.15, -0.1) is 0 Å². The summed E-state index contributed by atoms with van der Waals surface area (Å²) < 4.78 is 53.9. The van der Waals surface area contributed by atoms with E-state index >= 15 is 0 Å². The maximum atomic E-state index is 12.2. The van der Waals surface area contributed by atoms with Crippen LogP contribution in [0.2, 0.25) is 0 Å². The summed E-state index contributed by atoms with van der Waals surface area (Å²) in [4.78, 5) is 22.3. The molecule has 0 aromatic heterocycles. The molecule has 2 aliphatic rings. The van der Waals surface area contributed by atoms with Crippen LogP contribution in [0.25, 0.3) is 0 Å². The Labute approximate surface area is 249 Å². The molecule has 2 aromatic rings. The molecule has 0 heterocycles. The topological polar surface area (TPSA) is 167 Å². The third-order valence-electron chi connectivity index (χ3n) is 8.18. The van der Waals surface area contributed by atoms with Gasteiger partial charge in [0.1, 0.15) is 0 Å². The van der Waals surface area contributed by atoms with Gasteiger partial charge in [-0.05, 0) is 101 Å². The second kappa shape index (κ2) is 15.1. The molecule has 2 aromatic carbocycles. The molecule has 0 saturated heterocycles. The van der Waals surface area contributed by atoms with E-state index in [9.17, 15) is 26.4 Å². The van der Waals surface area contributed by atoms with Gasteiger partial charge in [-0.1, -0.05) is 35.4 Å². The molecule has 0 atom stereocenters. The molecule has 0 spiro atoms. The van der Waals surface area contributed by atoms with Gasteiger partial charge in [0.05, 0.1) is 21.6 Å². The van der Waals surface area contributed by atoms with Crippen LogP contribution in [0.5, 0.6) is 0 Å². The predicted octanol–water partition coefficient (Wildman–Crippen LogP) is 4.33. The van der Waals surface area contributed by atoms with E-state index in [2.05, 4.69) is 9.44 Å². The van der Waals surface area contributed by atoms with E-state index in [0.717, 1.165) is 36.8 Å². The molecule has 232 valence electrons. The number of carboxylic acids is 2. The van der Waals surface area contributed by atoms with Gasteiger partial charge in [0.25, 0.3) is 0 Å². The molecule has 12 heteroatoms. The zero-order chi connectivity index (χ0) is 30.9. The standard InChI is InChI=1S/2C15H21NO4S/c2*1-11-2-8-14(9-3-11)21(19,20)16-10-12-4-6-13(7-5-12)15(17)18/h2*2-3,8-9,12-13,16H,4-7,10H2,1H3,(H,17,18). The maximum absolute atomic E-state index is 12.2. The Morgan fingerprint density at radius 3 is 1.14 bits per heavy atom. The van der Waals surface area contributed by atoms with E-state index in [1.807, 2.05) is 13.8 Å². The van der Waals surface area contributed by atoms with Crippen molar-refractivity contribution in [2.75, 3.05) is 13.1 Å². The number of carbonyl (C=O) groups is 2. The van der Waals surface area contributed by atoms with Gasteiger partial charge in [0, 0.05) is 13.1 Å². The zero-order valence-electron chi connectivity index (χ0n) is 24.2. The van der Waals surface area contributed by atoms with Crippen molar-refractivity contribution >= 4 is 32.0 Å². The first-order chi connectivity index (χ1) is 19.8. The van der Waals surface area contributed by atoms with Crippen molar-refractivity contribution in [3.63, 3.8) is 0 Å². The number of aliphatic carboxylic acids is 2. The van der Waals surface area contributed by atoms with Crippen molar-refractivity contribution in [3.05, 3.63) is 59.7 Å². The predicted molar refractivity (Wildman–Crippen MR) is 159 cm³/mol. The molecular formula is C30H42N2O8S2. The minimum Gasteiger partial charge on any atom is -0.481 e. The number of nitrogens with one attached hydrogen (secondary N) is 2. The van der Waals surface area contributed by atoms with E-state index in [1.54, 1.807) is 48.5 Å². The maximum Gasteiger partial charge on any atom is 0.306 e. The summed E-state index contributed by atoms with van der Waals surface area (Å²) in [5.74, 6) is -1.58. The smallest absolute Gasteiger partial charge is 0.306 e. The van der Waals surface area contributed by atoms with Crippen LogP contribution in [0.1, 0.15) is 62.5 Å². The molecule has 42 heavy (non-hydrogen) atoms. The molecule has 0 amide bonds. The van der Waals surface area contributed by atoms with E-state index in [-0.39, 0.29) is 33.5 Å². The average molecular weight is 623 g/mol. The van der Waals surface area contributed by atoms with E-state index in [0.29, 0.717) is 38.8 Å². The minimum atomic E-state index is -3.47. The largest absolute Gasteiger partial charge is 0.481 e. The average Bonchev–Trinajstić information content (AvgIpc) is 2.96. The Morgan fingerprint density at radius 2 is 0.881 bits per heavy atom. The summed E-state index contributed by atoms with van der Waals surface area (Å²) in [5, 5.41) is 17.9. The monoisotopic (exact) mass is 622 g/mol. The van der Waals surface area contributed by atoms with Gasteiger partial charge in [0.2, 0.25) is 20.0 Å². The van der Waals surface area contributed by atoms with Crippen LogP contribution in [-0.4, -0.2) is 52.1 Å². The fourth-order valence-corrected chi connectivity index (χ4v) is 7.52. The lowest BCUT2D eigenvalue weighted by Gasteiger charge is -2.26. The van der Waals surface area contributed by atoms with Gasteiger partial charge in [-0.3, -0.25) is 9.59 Å². The number of benzene rings is 2. The molecule has 4 N–H and O–H groups in total. The quantitative estimate of drug-likeness (QED) is 0.304. The number of hydrogen-bond donors (Lipinski definition) is 4.